The molecule has 1 saturated heterocycles. The number of aryl methyl sites for hydroxylation is 1. The highest BCUT2D eigenvalue weighted by Gasteiger charge is 2.39. The second kappa shape index (κ2) is 5.74. The van der Waals surface area contributed by atoms with Crippen molar-refractivity contribution in [1.82, 2.24) is 20.0 Å². The fraction of sp³-hybridized carbons (Fsp3) is 0.714. The van der Waals surface area contributed by atoms with Crippen LogP contribution in [0.3, 0.4) is 0 Å². The molecule has 1 unspecified atom stereocenters. The van der Waals surface area contributed by atoms with Gasteiger partial charge in [-0.3, -0.25) is 9.48 Å². The quantitative estimate of drug-likeness (QED) is 0.888. The number of amides is 1. The predicted molar refractivity (Wildman–Crippen MR) is 74.5 cm³/mol. The van der Waals surface area contributed by atoms with Gasteiger partial charge in [-0.2, -0.15) is 5.10 Å². The summed E-state index contributed by atoms with van der Waals surface area (Å²) < 4.78 is 1.77. The van der Waals surface area contributed by atoms with Gasteiger partial charge < -0.3 is 10.2 Å². The lowest BCUT2D eigenvalue weighted by Gasteiger charge is -2.38. The summed E-state index contributed by atoms with van der Waals surface area (Å²) in [5.41, 5.74) is 0.864. The normalized spacial score (nSPS) is 23.3. The molecule has 1 N–H and O–H groups in total. The highest BCUT2D eigenvalue weighted by atomic mass is 16.2. The van der Waals surface area contributed by atoms with Crippen molar-refractivity contribution in [3.8, 4) is 0 Å². The second-order valence-electron chi connectivity index (χ2n) is 5.60. The number of rotatable bonds is 4. The lowest BCUT2D eigenvalue weighted by Crippen LogP contribution is -2.50. The summed E-state index contributed by atoms with van der Waals surface area (Å²) in [6, 6.07) is 0. The average molecular weight is 264 g/mol. The Morgan fingerprint density at radius 3 is 2.95 bits per heavy atom. The molecule has 1 aliphatic heterocycles. The molecule has 1 amide bonds. The molecule has 0 bridgehead atoms. The minimum Gasteiger partial charge on any atom is -0.341 e. The summed E-state index contributed by atoms with van der Waals surface area (Å²) in [5, 5.41) is 7.51. The molecule has 5 heteroatoms. The van der Waals surface area contributed by atoms with E-state index in [4.69, 9.17) is 0 Å². The van der Waals surface area contributed by atoms with Crippen LogP contribution in [0.1, 0.15) is 31.7 Å². The van der Waals surface area contributed by atoms with Crippen molar-refractivity contribution in [3.05, 3.63) is 18.0 Å². The average Bonchev–Trinajstić information content (AvgIpc) is 2.84. The van der Waals surface area contributed by atoms with Crippen LogP contribution in [0.5, 0.6) is 0 Å². The summed E-state index contributed by atoms with van der Waals surface area (Å²) in [7, 11) is 3.78. The van der Waals surface area contributed by atoms with Gasteiger partial charge in [-0.1, -0.05) is 6.92 Å². The summed E-state index contributed by atoms with van der Waals surface area (Å²) in [5.74, 6) is 0.256. The highest BCUT2D eigenvalue weighted by Crippen LogP contribution is 2.32. The van der Waals surface area contributed by atoms with Gasteiger partial charge >= 0.3 is 0 Å². The predicted octanol–water partition coefficient (Wildman–Crippen LogP) is 1.16. The first kappa shape index (κ1) is 14.1. The first-order chi connectivity index (χ1) is 9.07. The van der Waals surface area contributed by atoms with Gasteiger partial charge in [-0.15, -0.1) is 0 Å². The molecular formula is C14H24N4O. The Morgan fingerprint density at radius 1 is 1.63 bits per heavy atom. The van der Waals surface area contributed by atoms with E-state index < -0.39 is 0 Å². The molecular weight excluding hydrogens is 240 g/mol. The molecule has 2 rings (SSSR count). The maximum Gasteiger partial charge on any atom is 0.230 e. The van der Waals surface area contributed by atoms with Gasteiger partial charge in [0, 0.05) is 38.9 Å². The van der Waals surface area contributed by atoms with Crippen LogP contribution >= 0.6 is 0 Å². The zero-order valence-electron chi connectivity index (χ0n) is 12.1. The van der Waals surface area contributed by atoms with E-state index in [-0.39, 0.29) is 11.3 Å². The molecule has 1 fully saturated rings. The molecule has 2 heterocycles. The molecule has 0 aromatic carbocycles. The monoisotopic (exact) mass is 264 g/mol. The van der Waals surface area contributed by atoms with Crippen molar-refractivity contribution < 1.29 is 4.79 Å². The van der Waals surface area contributed by atoms with Crippen LogP contribution in [0, 0.1) is 5.41 Å². The summed E-state index contributed by atoms with van der Waals surface area (Å²) in [6.45, 7) is 4.58. The Bertz CT molecular complexity index is 434. The SMILES string of the molecule is CCC1(C(=O)N(C)Cc2cnn(C)c2)CCCNC1. The molecule has 0 aliphatic carbocycles. The summed E-state index contributed by atoms with van der Waals surface area (Å²) in [6.07, 6.45) is 6.76. The standard InChI is InChI=1S/C14H24N4O/c1-4-14(6-5-7-15-11-14)13(19)17(2)9-12-8-16-18(3)10-12/h8,10,15H,4-7,9,11H2,1-3H3. The molecule has 1 aliphatic rings. The number of nitrogens with zero attached hydrogens (tertiary/aromatic N) is 3. The van der Waals surface area contributed by atoms with E-state index in [0.717, 1.165) is 37.9 Å². The maximum absolute atomic E-state index is 12.7. The van der Waals surface area contributed by atoms with Crippen LogP contribution < -0.4 is 5.32 Å². The van der Waals surface area contributed by atoms with Crippen molar-refractivity contribution in [1.29, 1.82) is 0 Å². The van der Waals surface area contributed by atoms with Gasteiger partial charge in [-0.05, 0) is 25.8 Å². The van der Waals surface area contributed by atoms with Crippen LogP contribution in [0.4, 0.5) is 0 Å². The van der Waals surface area contributed by atoms with Gasteiger partial charge in [0.15, 0.2) is 0 Å². The number of aromatic nitrogens is 2. The van der Waals surface area contributed by atoms with E-state index in [9.17, 15) is 4.79 Å². The minimum absolute atomic E-state index is 0.213. The second-order valence-corrected chi connectivity index (χ2v) is 5.60. The van der Waals surface area contributed by atoms with Crippen molar-refractivity contribution >= 4 is 5.91 Å². The van der Waals surface area contributed by atoms with E-state index >= 15 is 0 Å². The van der Waals surface area contributed by atoms with Crippen molar-refractivity contribution in [3.63, 3.8) is 0 Å². The van der Waals surface area contributed by atoms with Crippen LogP contribution in [-0.4, -0.2) is 40.7 Å². The lowest BCUT2D eigenvalue weighted by atomic mass is 9.77. The molecule has 1 aromatic heterocycles. The molecule has 0 radical (unpaired) electrons. The maximum atomic E-state index is 12.7. The third kappa shape index (κ3) is 2.97. The van der Waals surface area contributed by atoms with E-state index in [2.05, 4.69) is 17.3 Å². The number of hydrogen-bond donors (Lipinski definition) is 1. The summed E-state index contributed by atoms with van der Waals surface area (Å²) >= 11 is 0. The fourth-order valence-electron chi connectivity index (χ4n) is 2.91. The van der Waals surface area contributed by atoms with Crippen LogP contribution in [0.15, 0.2) is 12.4 Å². The van der Waals surface area contributed by atoms with Gasteiger partial charge in [0.05, 0.1) is 11.6 Å². The van der Waals surface area contributed by atoms with Crippen molar-refractivity contribution in [2.75, 3.05) is 20.1 Å². The molecule has 1 aromatic rings. The van der Waals surface area contributed by atoms with Crippen LogP contribution in [0.2, 0.25) is 0 Å². The highest BCUT2D eigenvalue weighted by molar-refractivity contribution is 5.82. The van der Waals surface area contributed by atoms with E-state index in [1.807, 2.05) is 31.4 Å². The number of carbonyl (C=O) groups excluding carboxylic acids is 1. The summed E-state index contributed by atoms with van der Waals surface area (Å²) in [4.78, 5) is 14.6. The smallest absolute Gasteiger partial charge is 0.230 e. The number of nitrogens with one attached hydrogen (secondary N) is 1. The van der Waals surface area contributed by atoms with E-state index in [1.54, 1.807) is 4.68 Å². The Balaban J connectivity index is 2.04. The number of carbonyl (C=O) groups is 1. The van der Waals surface area contributed by atoms with Crippen LogP contribution in [-0.2, 0) is 18.4 Å². The molecule has 106 valence electrons. The molecule has 5 nitrogen and oxygen atoms in total. The Labute approximate surface area is 115 Å². The van der Waals surface area contributed by atoms with E-state index in [1.165, 1.54) is 0 Å². The van der Waals surface area contributed by atoms with Crippen LogP contribution in [0.25, 0.3) is 0 Å². The van der Waals surface area contributed by atoms with Gasteiger partial charge in [0.1, 0.15) is 0 Å². The first-order valence-electron chi connectivity index (χ1n) is 7.01. The third-order valence-electron chi connectivity index (χ3n) is 4.13. The molecule has 0 saturated carbocycles. The van der Waals surface area contributed by atoms with Gasteiger partial charge in [0.25, 0.3) is 0 Å². The third-order valence-corrected chi connectivity index (χ3v) is 4.13. The van der Waals surface area contributed by atoms with Crippen molar-refractivity contribution in [2.45, 2.75) is 32.7 Å². The zero-order valence-corrected chi connectivity index (χ0v) is 12.1. The number of hydrogen-bond acceptors (Lipinski definition) is 3. The lowest BCUT2D eigenvalue weighted by molar-refractivity contribution is -0.142. The zero-order chi connectivity index (χ0) is 13.9. The van der Waals surface area contributed by atoms with Gasteiger partial charge in [0.2, 0.25) is 5.91 Å². The van der Waals surface area contributed by atoms with Crippen molar-refractivity contribution in [2.24, 2.45) is 12.5 Å². The molecule has 19 heavy (non-hydrogen) atoms. The Hall–Kier alpha value is -1.36. The van der Waals surface area contributed by atoms with Gasteiger partial charge in [-0.25, -0.2) is 0 Å². The Kier molecular flexibility index (Phi) is 4.24. The Morgan fingerprint density at radius 2 is 2.42 bits per heavy atom. The largest absolute Gasteiger partial charge is 0.341 e. The topological polar surface area (TPSA) is 50.2 Å². The fourth-order valence-corrected chi connectivity index (χ4v) is 2.91. The molecule has 1 atom stereocenters. The first-order valence-corrected chi connectivity index (χ1v) is 7.01. The number of piperidine rings is 1. The minimum atomic E-state index is -0.213. The molecule has 0 spiro atoms. The van der Waals surface area contributed by atoms with E-state index in [0.29, 0.717) is 6.54 Å².